The van der Waals surface area contributed by atoms with E-state index in [-0.39, 0.29) is 0 Å². The van der Waals surface area contributed by atoms with Gasteiger partial charge in [-0.1, -0.05) is 0 Å². The topological polar surface area (TPSA) is 0 Å². The van der Waals surface area contributed by atoms with Crippen LogP contribution in [0.5, 0.6) is 0 Å². The van der Waals surface area contributed by atoms with Gasteiger partial charge in [0.15, 0.2) is 0 Å². The molecule has 0 saturated heterocycles. The molecule has 0 spiro atoms. The van der Waals surface area contributed by atoms with Gasteiger partial charge in [0.1, 0.15) is 0 Å². The summed E-state index contributed by atoms with van der Waals surface area (Å²) in [5.74, 6) is 0. The van der Waals surface area contributed by atoms with Crippen molar-refractivity contribution in [3.05, 3.63) is 0 Å². The van der Waals surface area contributed by atoms with Crippen molar-refractivity contribution >= 4 is 0 Å². The summed E-state index contributed by atoms with van der Waals surface area (Å²) < 4.78 is 1.90. The molecule has 0 aromatic heterocycles. The SMILES string of the molecule is C[C](C)(C)[Zr]([C](C)(C)C)([C](C)(C)C)[C](C)(C)C. The Morgan fingerprint density at radius 2 is 0.471 bits per heavy atom. The zero-order valence-corrected chi connectivity index (χ0v) is 17.0. The van der Waals surface area contributed by atoms with Gasteiger partial charge >= 0.3 is 116 Å². The molecule has 104 valence electrons. The number of hydrogen-bond acceptors (Lipinski definition) is 0. The first-order valence-corrected chi connectivity index (χ1v) is 11.9. The summed E-state index contributed by atoms with van der Waals surface area (Å²) in [6.07, 6.45) is 0. The third kappa shape index (κ3) is 2.75. The molecule has 0 aliphatic rings. The summed E-state index contributed by atoms with van der Waals surface area (Å²) in [7, 11) is 0. The van der Waals surface area contributed by atoms with Crippen LogP contribution in [-0.4, -0.2) is 0 Å². The van der Waals surface area contributed by atoms with Gasteiger partial charge in [-0.2, -0.15) is 0 Å². The van der Waals surface area contributed by atoms with E-state index in [9.17, 15) is 0 Å². The monoisotopic (exact) mass is 318 g/mol. The molecule has 0 fully saturated rings. The fraction of sp³-hybridized carbons (Fsp3) is 1.00. The molecule has 0 aromatic carbocycles. The van der Waals surface area contributed by atoms with Crippen molar-refractivity contribution in [2.45, 2.75) is 95.6 Å². The number of rotatable bonds is 0. The van der Waals surface area contributed by atoms with E-state index >= 15 is 0 Å². The second-order valence-corrected chi connectivity index (χ2v) is 28.2. The van der Waals surface area contributed by atoms with E-state index in [1.807, 2.05) is 0 Å². The van der Waals surface area contributed by atoms with Gasteiger partial charge in [0.2, 0.25) is 0 Å². The zero-order valence-electron chi connectivity index (χ0n) is 14.5. The van der Waals surface area contributed by atoms with Crippen LogP contribution in [0.4, 0.5) is 0 Å². The molecule has 0 aliphatic carbocycles. The Balaban J connectivity index is 6.37. The van der Waals surface area contributed by atoms with E-state index < -0.39 is 20.3 Å². The average molecular weight is 320 g/mol. The summed E-state index contributed by atoms with van der Waals surface area (Å²) in [6, 6.07) is 0. The van der Waals surface area contributed by atoms with Gasteiger partial charge in [-0.3, -0.25) is 0 Å². The summed E-state index contributed by atoms with van der Waals surface area (Å²) in [5, 5.41) is 0. The average Bonchev–Trinajstić information content (AvgIpc) is 1.67. The Bertz CT molecular complexity index is 198. The Morgan fingerprint density at radius 3 is 0.471 bits per heavy atom. The van der Waals surface area contributed by atoms with Crippen molar-refractivity contribution in [2.75, 3.05) is 0 Å². The van der Waals surface area contributed by atoms with Gasteiger partial charge in [0.25, 0.3) is 0 Å². The molecule has 0 saturated carbocycles. The van der Waals surface area contributed by atoms with Crippen LogP contribution in [0.25, 0.3) is 0 Å². The Morgan fingerprint density at radius 1 is 0.353 bits per heavy atom. The number of hydrogen-bond donors (Lipinski definition) is 0. The van der Waals surface area contributed by atoms with Gasteiger partial charge in [-0.05, 0) is 0 Å². The second kappa shape index (κ2) is 4.47. The quantitative estimate of drug-likeness (QED) is 0.450. The first-order chi connectivity index (χ1) is 7.00. The minimum absolute atomic E-state index is 0.476. The van der Waals surface area contributed by atoms with E-state index in [2.05, 4.69) is 83.1 Å². The minimum atomic E-state index is -2.55. The molecule has 0 aromatic rings. The molecule has 0 bridgehead atoms. The molecule has 1 heteroatoms. The second-order valence-electron chi connectivity index (χ2n) is 9.75. The van der Waals surface area contributed by atoms with E-state index in [1.54, 1.807) is 0 Å². The first-order valence-electron chi connectivity index (χ1n) is 7.00. The first kappa shape index (κ1) is 17.9. The maximum absolute atomic E-state index is 2.55. The van der Waals surface area contributed by atoms with E-state index in [1.165, 1.54) is 0 Å². The summed E-state index contributed by atoms with van der Waals surface area (Å²) in [4.78, 5) is 0. The molecule has 0 aliphatic heterocycles. The van der Waals surface area contributed by atoms with E-state index in [0.717, 1.165) is 0 Å². The molecule has 0 radical (unpaired) electrons. The predicted molar refractivity (Wildman–Crippen MR) is 78.9 cm³/mol. The van der Waals surface area contributed by atoms with Crippen molar-refractivity contribution in [3.8, 4) is 0 Å². The molecular weight excluding hydrogens is 283 g/mol. The third-order valence-electron chi connectivity index (χ3n) is 4.50. The van der Waals surface area contributed by atoms with Crippen LogP contribution in [0.15, 0.2) is 0 Å². The van der Waals surface area contributed by atoms with Crippen LogP contribution < -0.4 is 0 Å². The van der Waals surface area contributed by atoms with Crippen LogP contribution in [0.1, 0.15) is 83.1 Å². The molecule has 0 rings (SSSR count). The molecule has 0 nitrogen and oxygen atoms in total. The van der Waals surface area contributed by atoms with E-state index in [0.29, 0.717) is 12.5 Å². The molecule has 0 N–H and O–H groups in total. The standard InChI is InChI=1S/4C4H9.Zr/c4*1-4(2)3;/h4*1-3H3;. The van der Waals surface area contributed by atoms with Gasteiger partial charge in [0, 0.05) is 0 Å². The molecular formula is C16H36Zr. The summed E-state index contributed by atoms with van der Waals surface area (Å²) in [5.41, 5.74) is 0. The van der Waals surface area contributed by atoms with Crippen LogP contribution in [0, 0.1) is 0 Å². The zero-order chi connectivity index (χ0) is 14.5. The van der Waals surface area contributed by atoms with Crippen molar-refractivity contribution in [1.82, 2.24) is 0 Å². The normalized spacial score (nSPS) is 16.2. The van der Waals surface area contributed by atoms with Gasteiger partial charge in [-0.25, -0.2) is 0 Å². The fourth-order valence-corrected chi connectivity index (χ4v) is 39.9. The van der Waals surface area contributed by atoms with E-state index in [4.69, 9.17) is 0 Å². The molecule has 0 atom stereocenters. The van der Waals surface area contributed by atoms with Gasteiger partial charge in [0.05, 0.1) is 0 Å². The molecule has 17 heavy (non-hydrogen) atoms. The van der Waals surface area contributed by atoms with Crippen LogP contribution in [0.3, 0.4) is 0 Å². The van der Waals surface area contributed by atoms with Gasteiger partial charge in [-0.15, -0.1) is 0 Å². The van der Waals surface area contributed by atoms with Crippen molar-refractivity contribution in [3.63, 3.8) is 0 Å². The van der Waals surface area contributed by atoms with Gasteiger partial charge < -0.3 is 0 Å². The van der Waals surface area contributed by atoms with Crippen molar-refractivity contribution in [2.24, 2.45) is 0 Å². The fourth-order valence-electron chi connectivity index (χ4n) is 6.75. The Kier molecular flexibility index (Phi) is 4.70. The van der Waals surface area contributed by atoms with Crippen molar-refractivity contribution in [1.29, 1.82) is 0 Å². The summed E-state index contributed by atoms with van der Waals surface area (Å²) in [6.45, 7) is 30.1. The Labute approximate surface area is 115 Å². The van der Waals surface area contributed by atoms with Crippen LogP contribution in [0.2, 0.25) is 12.5 Å². The third-order valence-corrected chi connectivity index (χ3v) is 26.6. The van der Waals surface area contributed by atoms with Crippen LogP contribution in [-0.2, 0) is 20.3 Å². The molecule has 0 heterocycles. The molecule has 0 amide bonds. The van der Waals surface area contributed by atoms with Crippen LogP contribution >= 0.6 is 0 Å². The predicted octanol–water partition coefficient (Wildman–Crippen LogP) is 7.01. The summed E-state index contributed by atoms with van der Waals surface area (Å²) >= 11 is -2.55. The molecule has 0 unspecified atom stereocenters. The van der Waals surface area contributed by atoms with Crippen molar-refractivity contribution < 1.29 is 20.3 Å². The maximum atomic E-state index is 2.50. The Hall–Kier alpha value is 0.883.